The number of aromatic nitrogens is 2. The first kappa shape index (κ1) is 13.2. The van der Waals surface area contributed by atoms with Crippen molar-refractivity contribution in [2.24, 2.45) is 0 Å². The SMILES string of the molecule is Cc1cnc(Cl)nc1N(C)CCS(C)(=O)=O. The number of hydrogen-bond donors (Lipinski definition) is 0. The fourth-order valence-electron chi connectivity index (χ4n) is 1.21. The number of aryl methyl sites for hydroxylation is 1. The van der Waals surface area contributed by atoms with Crippen LogP contribution in [0.3, 0.4) is 0 Å². The Morgan fingerprint density at radius 2 is 2.12 bits per heavy atom. The van der Waals surface area contributed by atoms with Gasteiger partial charge in [0.2, 0.25) is 5.28 Å². The molecule has 0 N–H and O–H groups in total. The standard InChI is InChI=1S/C9H14ClN3O2S/c1-7-6-11-9(10)12-8(7)13(2)4-5-16(3,14)15/h6H,4-5H2,1-3H3. The predicted molar refractivity (Wildman–Crippen MR) is 64.8 cm³/mol. The Kier molecular flexibility index (Phi) is 4.09. The average molecular weight is 264 g/mol. The van der Waals surface area contributed by atoms with E-state index in [1.54, 1.807) is 18.1 Å². The van der Waals surface area contributed by atoms with Crippen LogP contribution in [0.2, 0.25) is 5.28 Å². The zero-order valence-corrected chi connectivity index (χ0v) is 11.0. The fraction of sp³-hybridized carbons (Fsp3) is 0.556. The van der Waals surface area contributed by atoms with E-state index in [1.807, 2.05) is 6.92 Å². The normalized spacial score (nSPS) is 11.5. The minimum Gasteiger partial charge on any atom is -0.358 e. The number of anilines is 1. The molecule has 7 heteroatoms. The van der Waals surface area contributed by atoms with Gasteiger partial charge >= 0.3 is 0 Å². The lowest BCUT2D eigenvalue weighted by atomic mass is 10.3. The summed E-state index contributed by atoms with van der Waals surface area (Å²) in [5.74, 6) is 0.744. The van der Waals surface area contributed by atoms with Gasteiger partial charge in [-0.05, 0) is 18.5 Å². The Hall–Kier alpha value is -0.880. The molecule has 0 spiro atoms. The van der Waals surface area contributed by atoms with E-state index in [0.717, 1.165) is 5.56 Å². The summed E-state index contributed by atoms with van der Waals surface area (Å²) in [6, 6.07) is 0. The van der Waals surface area contributed by atoms with Gasteiger partial charge in [-0.3, -0.25) is 0 Å². The summed E-state index contributed by atoms with van der Waals surface area (Å²) in [4.78, 5) is 9.65. The Labute approximate surface area is 100 Å². The van der Waals surface area contributed by atoms with E-state index in [4.69, 9.17) is 11.6 Å². The van der Waals surface area contributed by atoms with Gasteiger partial charge in [0.15, 0.2) is 0 Å². The van der Waals surface area contributed by atoms with Crippen molar-refractivity contribution in [3.05, 3.63) is 17.0 Å². The topological polar surface area (TPSA) is 63.2 Å². The highest BCUT2D eigenvalue weighted by Gasteiger charge is 2.10. The number of rotatable bonds is 4. The van der Waals surface area contributed by atoms with Crippen molar-refractivity contribution in [2.45, 2.75) is 6.92 Å². The molecule has 0 unspecified atom stereocenters. The zero-order valence-electron chi connectivity index (χ0n) is 9.44. The van der Waals surface area contributed by atoms with Crippen molar-refractivity contribution in [3.63, 3.8) is 0 Å². The molecule has 5 nitrogen and oxygen atoms in total. The minimum atomic E-state index is -2.97. The highest BCUT2D eigenvalue weighted by Crippen LogP contribution is 2.16. The van der Waals surface area contributed by atoms with E-state index in [1.165, 1.54) is 6.26 Å². The van der Waals surface area contributed by atoms with Gasteiger partial charge in [-0.15, -0.1) is 0 Å². The van der Waals surface area contributed by atoms with Crippen LogP contribution in [0.5, 0.6) is 0 Å². The summed E-state index contributed by atoms with van der Waals surface area (Å²) in [5.41, 5.74) is 0.861. The summed E-state index contributed by atoms with van der Waals surface area (Å²) in [6.45, 7) is 2.23. The summed E-state index contributed by atoms with van der Waals surface area (Å²) in [5, 5.41) is 0.159. The van der Waals surface area contributed by atoms with E-state index in [0.29, 0.717) is 12.4 Å². The van der Waals surface area contributed by atoms with Crippen molar-refractivity contribution in [2.75, 3.05) is 30.5 Å². The molecule has 0 atom stereocenters. The lowest BCUT2D eigenvalue weighted by Crippen LogP contribution is -2.26. The summed E-state index contributed by atoms with van der Waals surface area (Å²) in [6.07, 6.45) is 2.82. The van der Waals surface area contributed by atoms with Gasteiger partial charge in [0, 0.05) is 31.6 Å². The van der Waals surface area contributed by atoms with E-state index in [-0.39, 0.29) is 11.0 Å². The molecule has 0 saturated carbocycles. The highest BCUT2D eigenvalue weighted by atomic mass is 35.5. The van der Waals surface area contributed by atoms with Crippen molar-refractivity contribution in [3.8, 4) is 0 Å². The van der Waals surface area contributed by atoms with E-state index < -0.39 is 9.84 Å². The maximum Gasteiger partial charge on any atom is 0.224 e. The second-order valence-electron chi connectivity index (χ2n) is 3.70. The van der Waals surface area contributed by atoms with Crippen LogP contribution in [0.15, 0.2) is 6.20 Å². The third kappa shape index (κ3) is 3.94. The van der Waals surface area contributed by atoms with Gasteiger partial charge in [-0.1, -0.05) is 0 Å². The lowest BCUT2D eigenvalue weighted by Gasteiger charge is -2.19. The maximum absolute atomic E-state index is 11.0. The van der Waals surface area contributed by atoms with Gasteiger partial charge < -0.3 is 4.90 Å². The number of hydrogen-bond acceptors (Lipinski definition) is 5. The van der Waals surface area contributed by atoms with Crippen LogP contribution >= 0.6 is 11.6 Å². The Morgan fingerprint density at radius 3 is 2.69 bits per heavy atom. The van der Waals surface area contributed by atoms with Gasteiger partial charge in [-0.2, -0.15) is 0 Å². The molecule has 0 fully saturated rings. The first-order valence-corrected chi connectivity index (χ1v) is 7.11. The number of sulfone groups is 1. The molecule has 1 aromatic rings. The third-order valence-electron chi connectivity index (χ3n) is 2.07. The van der Waals surface area contributed by atoms with E-state index in [2.05, 4.69) is 9.97 Å². The van der Waals surface area contributed by atoms with Crippen LogP contribution in [-0.4, -0.2) is 44.0 Å². The monoisotopic (exact) mass is 263 g/mol. The van der Waals surface area contributed by atoms with Crippen LogP contribution in [-0.2, 0) is 9.84 Å². The van der Waals surface area contributed by atoms with Crippen molar-refractivity contribution in [1.29, 1.82) is 0 Å². The van der Waals surface area contributed by atoms with Crippen molar-refractivity contribution >= 4 is 27.3 Å². The molecule has 0 aliphatic heterocycles. The van der Waals surface area contributed by atoms with Crippen molar-refractivity contribution in [1.82, 2.24) is 9.97 Å². The molecule has 0 aliphatic rings. The molecule has 0 radical (unpaired) electrons. The number of halogens is 1. The van der Waals surface area contributed by atoms with E-state index in [9.17, 15) is 8.42 Å². The summed E-state index contributed by atoms with van der Waals surface area (Å²) in [7, 11) is -1.19. The zero-order chi connectivity index (χ0) is 12.3. The Bertz CT molecular complexity index is 476. The van der Waals surface area contributed by atoms with Gasteiger partial charge in [-0.25, -0.2) is 18.4 Å². The predicted octanol–water partition coefficient (Wildman–Crippen LogP) is 0.919. The molecule has 1 rings (SSSR count). The smallest absolute Gasteiger partial charge is 0.224 e. The van der Waals surface area contributed by atoms with Crippen molar-refractivity contribution < 1.29 is 8.42 Å². The minimum absolute atomic E-state index is 0.0879. The van der Waals surface area contributed by atoms with Crippen LogP contribution in [0.4, 0.5) is 5.82 Å². The van der Waals surface area contributed by atoms with Gasteiger partial charge in [0.05, 0.1) is 5.75 Å². The largest absolute Gasteiger partial charge is 0.358 e. The Balaban J connectivity index is 2.80. The summed E-state index contributed by atoms with van der Waals surface area (Å²) >= 11 is 5.68. The van der Waals surface area contributed by atoms with Crippen LogP contribution in [0.25, 0.3) is 0 Å². The van der Waals surface area contributed by atoms with E-state index >= 15 is 0 Å². The highest BCUT2D eigenvalue weighted by molar-refractivity contribution is 7.90. The average Bonchev–Trinajstić information content (AvgIpc) is 2.17. The molecule has 0 amide bonds. The van der Waals surface area contributed by atoms with Gasteiger partial charge in [0.25, 0.3) is 0 Å². The second-order valence-corrected chi connectivity index (χ2v) is 6.29. The molecular formula is C9H14ClN3O2S. The first-order valence-electron chi connectivity index (χ1n) is 4.67. The number of nitrogens with zero attached hydrogens (tertiary/aromatic N) is 3. The quantitative estimate of drug-likeness (QED) is 0.756. The van der Waals surface area contributed by atoms with Gasteiger partial charge in [0.1, 0.15) is 15.7 Å². The first-order chi connectivity index (χ1) is 7.29. The fourth-order valence-corrected chi connectivity index (χ4v) is 1.94. The molecule has 0 bridgehead atoms. The Morgan fingerprint density at radius 1 is 1.50 bits per heavy atom. The molecule has 0 aromatic carbocycles. The second kappa shape index (κ2) is 4.97. The molecular weight excluding hydrogens is 250 g/mol. The summed E-state index contributed by atoms with van der Waals surface area (Å²) < 4.78 is 22.1. The van der Waals surface area contributed by atoms with Crippen LogP contribution in [0.1, 0.15) is 5.56 Å². The molecule has 1 aromatic heterocycles. The molecule has 16 heavy (non-hydrogen) atoms. The molecule has 0 aliphatic carbocycles. The molecule has 0 saturated heterocycles. The lowest BCUT2D eigenvalue weighted by molar-refractivity contribution is 0.601. The van der Waals surface area contributed by atoms with Crippen LogP contribution < -0.4 is 4.90 Å². The molecule has 90 valence electrons. The van der Waals surface area contributed by atoms with Crippen LogP contribution in [0, 0.1) is 6.92 Å². The maximum atomic E-state index is 11.0. The third-order valence-corrected chi connectivity index (χ3v) is 3.18. The molecule has 1 heterocycles.